The summed E-state index contributed by atoms with van der Waals surface area (Å²) in [4.78, 5) is 21.4. The summed E-state index contributed by atoms with van der Waals surface area (Å²) in [7, 11) is 0. The Balaban J connectivity index is 1.76. The van der Waals surface area contributed by atoms with Crippen molar-refractivity contribution in [3.05, 3.63) is 35.4 Å². The van der Waals surface area contributed by atoms with Gasteiger partial charge in [0.05, 0.1) is 6.54 Å². The van der Waals surface area contributed by atoms with Gasteiger partial charge in [0.25, 0.3) is 5.91 Å². The van der Waals surface area contributed by atoms with Crippen LogP contribution < -0.4 is 0 Å². The number of nitrogens with zero attached hydrogens (tertiary/aromatic N) is 3. The predicted octanol–water partition coefficient (Wildman–Crippen LogP) is 2.54. The van der Waals surface area contributed by atoms with Crippen molar-refractivity contribution < 1.29 is 4.79 Å². The van der Waals surface area contributed by atoms with Gasteiger partial charge in [-0.15, -0.1) is 0 Å². The standard InChI is InChI=1S/C17H23N3O/c1-13-6-9-19(10-7-13)17-18-8-11-20(17)16(21)15-5-3-4-14(2)12-15/h3-5,12-13H,6-11H2,1-2H3. The highest BCUT2D eigenvalue weighted by Crippen LogP contribution is 2.20. The van der Waals surface area contributed by atoms with Crippen LogP contribution in [0.2, 0.25) is 0 Å². The number of piperidine rings is 1. The summed E-state index contributed by atoms with van der Waals surface area (Å²) in [5.41, 5.74) is 1.88. The van der Waals surface area contributed by atoms with Crippen LogP contribution in [0.5, 0.6) is 0 Å². The molecule has 4 heteroatoms. The van der Waals surface area contributed by atoms with Crippen LogP contribution in [0.25, 0.3) is 0 Å². The second-order valence-corrected chi connectivity index (χ2v) is 6.18. The van der Waals surface area contributed by atoms with E-state index in [0.717, 1.165) is 42.6 Å². The highest BCUT2D eigenvalue weighted by Gasteiger charge is 2.30. The first-order chi connectivity index (χ1) is 10.1. The molecule has 0 N–H and O–H groups in total. The molecule has 1 saturated heterocycles. The number of guanidine groups is 1. The summed E-state index contributed by atoms with van der Waals surface area (Å²) in [5.74, 6) is 1.74. The molecule has 21 heavy (non-hydrogen) atoms. The minimum Gasteiger partial charge on any atom is -0.342 e. The number of rotatable bonds is 1. The first-order valence-corrected chi connectivity index (χ1v) is 7.83. The van der Waals surface area contributed by atoms with Crippen molar-refractivity contribution in [2.75, 3.05) is 26.2 Å². The number of likely N-dealkylation sites (tertiary alicyclic amines) is 1. The number of hydrogen-bond donors (Lipinski definition) is 0. The van der Waals surface area contributed by atoms with Crippen molar-refractivity contribution in [1.82, 2.24) is 9.80 Å². The Hall–Kier alpha value is -1.84. The number of hydrogen-bond acceptors (Lipinski definition) is 3. The molecule has 0 spiro atoms. The molecule has 2 aliphatic heterocycles. The van der Waals surface area contributed by atoms with E-state index in [-0.39, 0.29) is 5.91 Å². The van der Waals surface area contributed by atoms with Crippen LogP contribution in [-0.2, 0) is 0 Å². The van der Waals surface area contributed by atoms with Gasteiger partial charge < -0.3 is 4.90 Å². The van der Waals surface area contributed by atoms with Crippen LogP contribution >= 0.6 is 0 Å². The molecule has 0 saturated carbocycles. The van der Waals surface area contributed by atoms with Crippen LogP contribution in [-0.4, -0.2) is 47.8 Å². The first kappa shape index (κ1) is 14.1. The van der Waals surface area contributed by atoms with E-state index in [1.807, 2.05) is 36.1 Å². The molecule has 1 aromatic rings. The number of carbonyl (C=O) groups excluding carboxylic acids is 1. The van der Waals surface area contributed by atoms with Gasteiger partial charge in [-0.3, -0.25) is 14.7 Å². The molecule has 0 aromatic heterocycles. The summed E-state index contributed by atoms with van der Waals surface area (Å²) < 4.78 is 0. The Bertz CT molecular complexity index is 559. The fourth-order valence-corrected chi connectivity index (χ4v) is 3.04. The zero-order valence-corrected chi connectivity index (χ0v) is 12.9. The number of benzene rings is 1. The molecule has 0 aliphatic carbocycles. The van der Waals surface area contributed by atoms with E-state index in [9.17, 15) is 4.79 Å². The molecule has 1 fully saturated rings. The number of carbonyl (C=O) groups is 1. The molecule has 2 heterocycles. The maximum atomic E-state index is 12.7. The van der Waals surface area contributed by atoms with Gasteiger partial charge in [0.2, 0.25) is 5.96 Å². The Kier molecular flexibility index (Phi) is 3.95. The van der Waals surface area contributed by atoms with E-state index in [4.69, 9.17) is 0 Å². The number of amides is 1. The van der Waals surface area contributed by atoms with Gasteiger partial charge in [-0.2, -0.15) is 0 Å². The monoisotopic (exact) mass is 285 g/mol. The highest BCUT2D eigenvalue weighted by atomic mass is 16.2. The summed E-state index contributed by atoms with van der Waals surface area (Å²) in [6.45, 7) is 7.76. The molecule has 1 amide bonds. The van der Waals surface area contributed by atoms with Crippen molar-refractivity contribution in [3.63, 3.8) is 0 Å². The van der Waals surface area contributed by atoms with Gasteiger partial charge in [-0.05, 0) is 37.8 Å². The Labute approximate surface area is 126 Å². The molecule has 3 rings (SSSR count). The lowest BCUT2D eigenvalue weighted by atomic mass is 9.99. The van der Waals surface area contributed by atoms with Crippen LogP contribution in [0, 0.1) is 12.8 Å². The third-order valence-electron chi connectivity index (χ3n) is 4.39. The quantitative estimate of drug-likeness (QED) is 0.795. The second-order valence-electron chi connectivity index (χ2n) is 6.18. The summed E-state index contributed by atoms with van der Waals surface area (Å²) in [6.07, 6.45) is 2.37. The average Bonchev–Trinajstić information content (AvgIpc) is 2.96. The third-order valence-corrected chi connectivity index (χ3v) is 4.39. The molecule has 0 radical (unpaired) electrons. The van der Waals surface area contributed by atoms with Crippen molar-refractivity contribution in [2.24, 2.45) is 10.9 Å². The average molecular weight is 285 g/mol. The van der Waals surface area contributed by atoms with Crippen molar-refractivity contribution in [1.29, 1.82) is 0 Å². The van der Waals surface area contributed by atoms with Crippen molar-refractivity contribution in [3.8, 4) is 0 Å². The van der Waals surface area contributed by atoms with Crippen LogP contribution in [0.4, 0.5) is 0 Å². The molecule has 4 nitrogen and oxygen atoms in total. The van der Waals surface area contributed by atoms with E-state index < -0.39 is 0 Å². The van der Waals surface area contributed by atoms with Crippen molar-refractivity contribution >= 4 is 11.9 Å². The smallest absolute Gasteiger partial charge is 0.260 e. The topological polar surface area (TPSA) is 35.9 Å². The zero-order chi connectivity index (χ0) is 14.8. The lowest BCUT2D eigenvalue weighted by molar-refractivity contribution is 0.0839. The molecule has 2 aliphatic rings. The van der Waals surface area contributed by atoms with Crippen molar-refractivity contribution in [2.45, 2.75) is 26.7 Å². The van der Waals surface area contributed by atoms with Gasteiger partial charge in [0.15, 0.2) is 0 Å². The fourth-order valence-electron chi connectivity index (χ4n) is 3.04. The van der Waals surface area contributed by atoms with E-state index in [0.29, 0.717) is 6.54 Å². The molecule has 112 valence electrons. The Morgan fingerprint density at radius 3 is 2.71 bits per heavy atom. The minimum absolute atomic E-state index is 0.0774. The highest BCUT2D eigenvalue weighted by molar-refractivity contribution is 6.06. The largest absolute Gasteiger partial charge is 0.342 e. The Morgan fingerprint density at radius 1 is 1.24 bits per heavy atom. The molecular formula is C17H23N3O. The molecule has 0 unspecified atom stereocenters. The summed E-state index contributed by atoms with van der Waals surface area (Å²) in [5, 5.41) is 0. The molecule has 1 aromatic carbocycles. The zero-order valence-electron chi connectivity index (χ0n) is 12.9. The molecular weight excluding hydrogens is 262 g/mol. The lowest BCUT2D eigenvalue weighted by Gasteiger charge is -2.34. The SMILES string of the molecule is Cc1cccc(C(=O)N2CCN=C2N2CCC(C)CC2)c1. The van der Waals surface area contributed by atoms with Crippen LogP contribution in [0.15, 0.2) is 29.3 Å². The Morgan fingerprint density at radius 2 is 2.00 bits per heavy atom. The first-order valence-electron chi connectivity index (χ1n) is 7.83. The number of aryl methyl sites for hydroxylation is 1. The minimum atomic E-state index is 0.0774. The normalized spacial score (nSPS) is 19.8. The maximum Gasteiger partial charge on any atom is 0.260 e. The lowest BCUT2D eigenvalue weighted by Crippen LogP contribution is -2.47. The fraction of sp³-hybridized carbons (Fsp3) is 0.529. The molecule has 0 bridgehead atoms. The van der Waals surface area contributed by atoms with Gasteiger partial charge in [0.1, 0.15) is 0 Å². The van der Waals surface area contributed by atoms with E-state index >= 15 is 0 Å². The molecule has 0 atom stereocenters. The van der Waals surface area contributed by atoms with Gasteiger partial charge in [0, 0.05) is 25.2 Å². The van der Waals surface area contributed by atoms with E-state index in [2.05, 4.69) is 16.8 Å². The van der Waals surface area contributed by atoms with Crippen LogP contribution in [0.1, 0.15) is 35.7 Å². The predicted molar refractivity (Wildman–Crippen MR) is 84.5 cm³/mol. The van der Waals surface area contributed by atoms with Gasteiger partial charge in [-0.1, -0.05) is 24.6 Å². The van der Waals surface area contributed by atoms with E-state index in [1.165, 1.54) is 12.8 Å². The summed E-state index contributed by atoms with van der Waals surface area (Å²) >= 11 is 0. The number of aliphatic imine (C=N–C) groups is 1. The van der Waals surface area contributed by atoms with E-state index in [1.54, 1.807) is 0 Å². The third kappa shape index (κ3) is 2.94. The maximum absolute atomic E-state index is 12.7. The van der Waals surface area contributed by atoms with Crippen LogP contribution in [0.3, 0.4) is 0 Å². The second kappa shape index (κ2) is 5.88. The van der Waals surface area contributed by atoms with Gasteiger partial charge in [-0.25, -0.2) is 0 Å². The van der Waals surface area contributed by atoms with Gasteiger partial charge >= 0.3 is 0 Å². The summed E-state index contributed by atoms with van der Waals surface area (Å²) in [6, 6.07) is 7.81.